The van der Waals surface area contributed by atoms with E-state index >= 15 is 0 Å². The van der Waals surface area contributed by atoms with E-state index < -0.39 is 9.84 Å². The Morgan fingerprint density at radius 2 is 2.13 bits per heavy atom. The monoisotopic (exact) mass is 223 g/mol. The number of aromatic nitrogens is 3. The van der Waals surface area contributed by atoms with Gasteiger partial charge in [0.05, 0.1) is 4.90 Å². The SMILES string of the molecule is CS(=O)(=O)c1ccc(-n2cccn2)nc1. The van der Waals surface area contributed by atoms with Crippen molar-refractivity contribution in [3.63, 3.8) is 0 Å². The molecule has 0 saturated carbocycles. The molecule has 0 bridgehead atoms. The second-order valence-electron chi connectivity index (χ2n) is 3.07. The Bertz CT molecular complexity index is 544. The molecular weight excluding hydrogens is 214 g/mol. The first-order valence-corrected chi connectivity index (χ1v) is 6.12. The molecule has 0 aliphatic heterocycles. The van der Waals surface area contributed by atoms with Gasteiger partial charge in [-0.3, -0.25) is 0 Å². The smallest absolute Gasteiger partial charge is 0.177 e. The second kappa shape index (κ2) is 3.47. The van der Waals surface area contributed by atoms with E-state index in [1.54, 1.807) is 29.2 Å². The lowest BCUT2D eigenvalue weighted by molar-refractivity contribution is 0.601. The van der Waals surface area contributed by atoms with Crippen molar-refractivity contribution in [3.05, 3.63) is 36.8 Å². The maximum atomic E-state index is 11.2. The number of hydrogen-bond acceptors (Lipinski definition) is 4. The lowest BCUT2D eigenvalue weighted by atomic mass is 10.5. The van der Waals surface area contributed by atoms with Crippen molar-refractivity contribution >= 4 is 9.84 Å². The fourth-order valence-electron chi connectivity index (χ4n) is 1.13. The fourth-order valence-corrected chi connectivity index (χ4v) is 1.69. The highest BCUT2D eigenvalue weighted by molar-refractivity contribution is 7.90. The Kier molecular flexibility index (Phi) is 2.28. The fraction of sp³-hybridized carbons (Fsp3) is 0.111. The topological polar surface area (TPSA) is 64.8 Å². The van der Waals surface area contributed by atoms with Gasteiger partial charge in [0.2, 0.25) is 0 Å². The minimum Gasteiger partial charge on any atom is -0.236 e. The van der Waals surface area contributed by atoms with Crippen LogP contribution in [0.1, 0.15) is 0 Å². The molecule has 0 spiro atoms. The Labute approximate surface area is 87.3 Å². The molecule has 2 aromatic rings. The quantitative estimate of drug-likeness (QED) is 0.750. The first-order chi connectivity index (χ1) is 7.07. The average Bonchev–Trinajstić information content (AvgIpc) is 2.69. The number of nitrogens with zero attached hydrogens (tertiary/aromatic N) is 3. The van der Waals surface area contributed by atoms with Crippen molar-refractivity contribution in [1.82, 2.24) is 14.8 Å². The van der Waals surface area contributed by atoms with Gasteiger partial charge in [-0.1, -0.05) is 0 Å². The normalized spacial score (nSPS) is 11.5. The molecule has 0 N–H and O–H groups in total. The average molecular weight is 223 g/mol. The van der Waals surface area contributed by atoms with Crippen LogP contribution in [0.4, 0.5) is 0 Å². The van der Waals surface area contributed by atoms with E-state index in [0.717, 1.165) is 6.26 Å². The van der Waals surface area contributed by atoms with Gasteiger partial charge in [-0.15, -0.1) is 0 Å². The first-order valence-electron chi connectivity index (χ1n) is 4.23. The van der Waals surface area contributed by atoms with Crippen molar-refractivity contribution in [2.45, 2.75) is 4.90 Å². The molecule has 0 fully saturated rings. The molecule has 0 aliphatic rings. The van der Waals surface area contributed by atoms with Gasteiger partial charge in [0.25, 0.3) is 0 Å². The summed E-state index contributed by atoms with van der Waals surface area (Å²) in [4.78, 5) is 4.22. The third-order valence-electron chi connectivity index (χ3n) is 1.89. The van der Waals surface area contributed by atoms with Crippen molar-refractivity contribution in [3.8, 4) is 5.82 Å². The van der Waals surface area contributed by atoms with Gasteiger partial charge in [-0.2, -0.15) is 5.10 Å². The minimum absolute atomic E-state index is 0.207. The molecule has 0 atom stereocenters. The van der Waals surface area contributed by atoms with Crippen LogP contribution in [0.5, 0.6) is 0 Å². The summed E-state index contributed by atoms with van der Waals surface area (Å²) in [5, 5.41) is 3.98. The maximum absolute atomic E-state index is 11.2. The molecule has 0 aromatic carbocycles. The lowest BCUT2D eigenvalue weighted by Crippen LogP contribution is -2.01. The largest absolute Gasteiger partial charge is 0.236 e. The molecule has 2 heterocycles. The summed E-state index contributed by atoms with van der Waals surface area (Å²) in [5.41, 5.74) is 0. The molecule has 78 valence electrons. The predicted molar refractivity (Wildman–Crippen MR) is 54.5 cm³/mol. The summed E-state index contributed by atoms with van der Waals surface area (Å²) < 4.78 is 23.9. The van der Waals surface area contributed by atoms with E-state index in [1.807, 2.05) is 0 Å². The van der Waals surface area contributed by atoms with Crippen LogP contribution in [0.15, 0.2) is 41.7 Å². The van der Waals surface area contributed by atoms with Crippen LogP contribution >= 0.6 is 0 Å². The van der Waals surface area contributed by atoms with Crippen molar-refractivity contribution in [2.24, 2.45) is 0 Å². The molecule has 0 saturated heterocycles. The molecule has 0 radical (unpaired) electrons. The van der Waals surface area contributed by atoms with Crippen LogP contribution in [0, 0.1) is 0 Å². The van der Waals surface area contributed by atoms with E-state index in [9.17, 15) is 8.42 Å². The van der Waals surface area contributed by atoms with E-state index in [4.69, 9.17) is 0 Å². The molecule has 0 aliphatic carbocycles. The highest BCUT2D eigenvalue weighted by Gasteiger charge is 2.07. The predicted octanol–water partition coefficient (Wildman–Crippen LogP) is 0.671. The zero-order valence-corrected chi connectivity index (χ0v) is 8.85. The van der Waals surface area contributed by atoms with Crippen molar-refractivity contribution < 1.29 is 8.42 Å². The van der Waals surface area contributed by atoms with Crippen LogP contribution in [0.3, 0.4) is 0 Å². The van der Waals surface area contributed by atoms with Crippen LogP contribution < -0.4 is 0 Å². The van der Waals surface area contributed by atoms with E-state index in [1.165, 1.54) is 12.3 Å². The Balaban J connectivity index is 2.42. The van der Waals surface area contributed by atoms with Gasteiger partial charge < -0.3 is 0 Å². The Hall–Kier alpha value is -1.69. The summed E-state index contributed by atoms with van der Waals surface area (Å²) in [7, 11) is -3.18. The zero-order valence-electron chi connectivity index (χ0n) is 8.03. The molecule has 0 unspecified atom stereocenters. The molecule has 2 rings (SSSR count). The van der Waals surface area contributed by atoms with Gasteiger partial charge >= 0.3 is 0 Å². The summed E-state index contributed by atoms with van der Waals surface area (Å²) >= 11 is 0. The highest BCUT2D eigenvalue weighted by atomic mass is 32.2. The summed E-state index contributed by atoms with van der Waals surface area (Å²) in [6, 6.07) is 4.90. The molecule has 15 heavy (non-hydrogen) atoms. The van der Waals surface area contributed by atoms with Gasteiger partial charge in [0.15, 0.2) is 15.7 Å². The van der Waals surface area contributed by atoms with Crippen molar-refractivity contribution in [1.29, 1.82) is 0 Å². The first kappa shape index (κ1) is 9.85. The maximum Gasteiger partial charge on any atom is 0.177 e. The summed E-state index contributed by atoms with van der Waals surface area (Å²) in [6.45, 7) is 0. The molecule has 0 amide bonds. The zero-order chi connectivity index (χ0) is 10.9. The third kappa shape index (κ3) is 2.04. The second-order valence-corrected chi connectivity index (χ2v) is 5.09. The van der Waals surface area contributed by atoms with Crippen LogP contribution in [0.2, 0.25) is 0 Å². The molecule has 2 aromatic heterocycles. The third-order valence-corrected chi connectivity index (χ3v) is 2.99. The van der Waals surface area contributed by atoms with Crippen LogP contribution in [-0.4, -0.2) is 29.4 Å². The van der Waals surface area contributed by atoms with Gasteiger partial charge in [-0.05, 0) is 18.2 Å². The van der Waals surface area contributed by atoms with Crippen molar-refractivity contribution in [2.75, 3.05) is 6.26 Å². The minimum atomic E-state index is -3.18. The summed E-state index contributed by atoms with van der Waals surface area (Å²) in [6.07, 6.45) is 5.85. The summed E-state index contributed by atoms with van der Waals surface area (Å²) in [5.74, 6) is 0.590. The van der Waals surface area contributed by atoms with E-state index in [-0.39, 0.29) is 4.90 Å². The molecule has 5 nitrogen and oxygen atoms in total. The molecule has 6 heteroatoms. The number of pyridine rings is 1. The van der Waals surface area contributed by atoms with Gasteiger partial charge in [0.1, 0.15) is 0 Å². The number of rotatable bonds is 2. The number of sulfone groups is 1. The highest BCUT2D eigenvalue weighted by Crippen LogP contribution is 2.09. The van der Waals surface area contributed by atoms with Crippen LogP contribution in [-0.2, 0) is 9.84 Å². The van der Waals surface area contributed by atoms with E-state index in [0.29, 0.717) is 5.82 Å². The Morgan fingerprint density at radius 1 is 1.33 bits per heavy atom. The van der Waals surface area contributed by atoms with Crippen LogP contribution in [0.25, 0.3) is 5.82 Å². The lowest BCUT2D eigenvalue weighted by Gasteiger charge is -2.01. The van der Waals surface area contributed by atoms with Gasteiger partial charge in [-0.25, -0.2) is 18.1 Å². The number of hydrogen-bond donors (Lipinski definition) is 0. The van der Waals surface area contributed by atoms with E-state index in [2.05, 4.69) is 10.1 Å². The standard InChI is InChI=1S/C9H9N3O2S/c1-15(13,14)8-3-4-9(10-7-8)12-6-2-5-11-12/h2-7H,1H3. The van der Waals surface area contributed by atoms with Gasteiger partial charge in [0, 0.05) is 24.8 Å². The molecular formula is C9H9N3O2S. The Morgan fingerprint density at radius 3 is 2.60 bits per heavy atom.